The van der Waals surface area contributed by atoms with Crippen molar-refractivity contribution in [2.24, 2.45) is 0 Å². The number of hydrogen-bond donors (Lipinski definition) is 0. The second kappa shape index (κ2) is 8.63. The van der Waals surface area contributed by atoms with Crippen LogP contribution in [0.3, 0.4) is 0 Å². The Morgan fingerprint density at radius 2 is 1.59 bits per heavy atom. The fourth-order valence-corrected chi connectivity index (χ4v) is 3.08. The van der Waals surface area contributed by atoms with Gasteiger partial charge in [-0.05, 0) is 30.9 Å². The Morgan fingerprint density at radius 1 is 1.00 bits per heavy atom. The van der Waals surface area contributed by atoms with Crippen LogP contribution in [0.1, 0.15) is 38.7 Å². The third kappa shape index (κ3) is 5.37. The van der Waals surface area contributed by atoms with Gasteiger partial charge < -0.3 is 14.5 Å². The number of benzene rings is 1. The van der Waals surface area contributed by atoms with Crippen molar-refractivity contribution in [1.29, 1.82) is 0 Å². The normalized spacial score (nSPS) is 16.9. The van der Waals surface area contributed by atoms with Gasteiger partial charge in [-0.2, -0.15) is 13.2 Å². The van der Waals surface area contributed by atoms with Crippen LogP contribution in [-0.2, 0) is 9.59 Å². The molecule has 5 nitrogen and oxygen atoms in total. The van der Waals surface area contributed by atoms with Crippen molar-refractivity contribution in [3.05, 3.63) is 29.8 Å². The van der Waals surface area contributed by atoms with E-state index in [-0.39, 0.29) is 31.5 Å². The molecule has 0 bridgehead atoms. The summed E-state index contributed by atoms with van der Waals surface area (Å²) < 4.78 is 43.7. The predicted molar refractivity (Wildman–Crippen MR) is 94.5 cm³/mol. The Labute approximate surface area is 157 Å². The molecule has 1 fully saturated rings. The van der Waals surface area contributed by atoms with Crippen molar-refractivity contribution >= 4 is 11.8 Å². The van der Waals surface area contributed by atoms with Gasteiger partial charge in [0.1, 0.15) is 5.75 Å². The SMILES string of the molecule is CC(Oc1ccccc1C(C)C)C(=O)N1CCCN(C(=O)C(F)(F)F)CC1. The molecular weight excluding hydrogens is 361 g/mol. The maximum atomic E-state index is 12.7. The highest BCUT2D eigenvalue weighted by atomic mass is 19.4. The first kappa shape index (κ1) is 21.1. The fraction of sp³-hybridized carbons (Fsp3) is 0.579. The third-order valence-electron chi connectivity index (χ3n) is 4.53. The average Bonchev–Trinajstić information content (AvgIpc) is 2.85. The molecule has 1 aromatic rings. The van der Waals surface area contributed by atoms with Crippen molar-refractivity contribution in [3.63, 3.8) is 0 Å². The van der Waals surface area contributed by atoms with Gasteiger partial charge in [-0.15, -0.1) is 0 Å². The van der Waals surface area contributed by atoms with Crippen LogP contribution in [0.15, 0.2) is 24.3 Å². The molecule has 1 aliphatic rings. The Morgan fingerprint density at radius 3 is 2.22 bits per heavy atom. The standard InChI is InChI=1S/C19H25F3N2O3/c1-13(2)15-7-4-5-8-16(15)27-14(3)17(25)23-9-6-10-24(12-11-23)18(26)19(20,21)22/h4-5,7-8,13-14H,6,9-12H2,1-3H3. The first-order chi connectivity index (χ1) is 12.6. The van der Waals surface area contributed by atoms with Gasteiger partial charge in [0.2, 0.25) is 0 Å². The molecule has 2 amide bonds. The van der Waals surface area contributed by atoms with Gasteiger partial charge in [0, 0.05) is 26.2 Å². The number of amides is 2. The minimum Gasteiger partial charge on any atom is -0.481 e. The van der Waals surface area contributed by atoms with Gasteiger partial charge in [-0.1, -0.05) is 32.0 Å². The van der Waals surface area contributed by atoms with E-state index in [4.69, 9.17) is 4.74 Å². The van der Waals surface area contributed by atoms with Gasteiger partial charge in [0.05, 0.1) is 0 Å². The van der Waals surface area contributed by atoms with Crippen molar-refractivity contribution < 1.29 is 27.5 Å². The zero-order chi connectivity index (χ0) is 20.2. The molecule has 1 aromatic carbocycles. The first-order valence-electron chi connectivity index (χ1n) is 9.01. The zero-order valence-electron chi connectivity index (χ0n) is 15.8. The number of carbonyl (C=O) groups excluding carboxylic acids is 2. The average molecular weight is 386 g/mol. The molecule has 1 saturated heterocycles. The summed E-state index contributed by atoms with van der Waals surface area (Å²) in [6.45, 7) is 5.86. The van der Waals surface area contributed by atoms with Crippen molar-refractivity contribution in [1.82, 2.24) is 9.80 Å². The number of hydrogen-bond acceptors (Lipinski definition) is 3. The van der Waals surface area contributed by atoms with Gasteiger partial charge >= 0.3 is 12.1 Å². The number of carbonyl (C=O) groups is 2. The summed E-state index contributed by atoms with van der Waals surface area (Å²) in [7, 11) is 0. The summed E-state index contributed by atoms with van der Waals surface area (Å²) in [6.07, 6.45) is -5.37. The summed E-state index contributed by atoms with van der Waals surface area (Å²) in [6, 6.07) is 7.45. The number of halogens is 3. The highest BCUT2D eigenvalue weighted by Gasteiger charge is 2.43. The quantitative estimate of drug-likeness (QED) is 0.799. The molecule has 0 saturated carbocycles. The summed E-state index contributed by atoms with van der Waals surface area (Å²) in [5.41, 5.74) is 0.981. The molecule has 1 atom stereocenters. The molecule has 0 aromatic heterocycles. The maximum absolute atomic E-state index is 12.7. The van der Waals surface area contributed by atoms with Crippen LogP contribution in [0.25, 0.3) is 0 Å². The molecule has 0 aliphatic carbocycles. The van der Waals surface area contributed by atoms with Gasteiger partial charge in [0.15, 0.2) is 6.10 Å². The maximum Gasteiger partial charge on any atom is 0.471 e. The Balaban J connectivity index is 2.00. The van der Waals surface area contributed by atoms with E-state index in [0.717, 1.165) is 10.5 Å². The number of para-hydroxylation sites is 1. The molecule has 0 spiro atoms. The lowest BCUT2D eigenvalue weighted by Gasteiger charge is -2.26. The number of nitrogens with zero attached hydrogens (tertiary/aromatic N) is 2. The first-order valence-corrected chi connectivity index (χ1v) is 9.01. The summed E-state index contributed by atoms with van der Waals surface area (Å²) in [5.74, 6) is -1.30. The lowest BCUT2D eigenvalue weighted by Crippen LogP contribution is -2.45. The third-order valence-corrected chi connectivity index (χ3v) is 4.53. The summed E-state index contributed by atoms with van der Waals surface area (Å²) in [4.78, 5) is 26.3. The molecule has 2 rings (SSSR count). The van der Waals surface area contributed by atoms with Crippen molar-refractivity contribution in [2.45, 2.75) is 45.4 Å². The topological polar surface area (TPSA) is 49.9 Å². The zero-order valence-corrected chi connectivity index (χ0v) is 15.8. The van der Waals surface area contributed by atoms with E-state index < -0.39 is 18.2 Å². The highest BCUT2D eigenvalue weighted by molar-refractivity contribution is 5.83. The minimum atomic E-state index is -4.89. The Bertz CT molecular complexity index is 676. The molecular formula is C19H25F3N2O3. The van der Waals surface area contributed by atoms with Crippen LogP contribution < -0.4 is 4.74 Å². The summed E-state index contributed by atoms with van der Waals surface area (Å²) in [5, 5.41) is 0. The lowest BCUT2D eigenvalue weighted by molar-refractivity contribution is -0.185. The molecule has 27 heavy (non-hydrogen) atoms. The molecule has 8 heteroatoms. The molecule has 1 unspecified atom stereocenters. The van der Waals surface area contributed by atoms with Gasteiger partial charge in [-0.25, -0.2) is 0 Å². The number of ether oxygens (including phenoxy) is 1. The highest BCUT2D eigenvalue weighted by Crippen LogP contribution is 2.27. The largest absolute Gasteiger partial charge is 0.481 e. The molecule has 1 heterocycles. The van der Waals surface area contributed by atoms with Crippen molar-refractivity contribution in [3.8, 4) is 5.75 Å². The van der Waals surface area contributed by atoms with E-state index in [1.165, 1.54) is 4.90 Å². The van der Waals surface area contributed by atoms with E-state index in [9.17, 15) is 22.8 Å². The van der Waals surface area contributed by atoms with E-state index in [1.807, 2.05) is 32.0 Å². The van der Waals surface area contributed by atoms with Gasteiger partial charge in [0.25, 0.3) is 5.91 Å². The van der Waals surface area contributed by atoms with Crippen LogP contribution in [0.4, 0.5) is 13.2 Å². The van der Waals surface area contributed by atoms with Crippen LogP contribution >= 0.6 is 0 Å². The second-order valence-corrected chi connectivity index (χ2v) is 6.92. The molecule has 1 aliphatic heterocycles. The fourth-order valence-electron chi connectivity index (χ4n) is 3.08. The van der Waals surface area contributed by atoms with E-state index >= 15 is 0 Å². The van der Waals surface area contributed by atoms with Crippen LogP contribution in [0.5, 0.6) is 5.75 Å². The van der Waals surface area contributed by atoms with Crippen LogP contribution in [0.2, 0.25) is 0 Å². The molecule has 150 valence electrons. The van der Waals surface area contributed by atoms with Crippen LogP contribution in [0, 0.1) is 0 Å². The summed E-state index contributed by atoms with van der Waals surface area (Å²) >= 11 is 0. The Hall–Kier alpha value is -2.25. The predicted octanol–water partition coefficient (Wildman–Crippen LogP) is 3.20. The number of alkyl halides is 3. The number of rotatable bonds is 4. The second-order valence-electron chi connectivity index (χ2n) is 6.92. The van der Waals surface area contributed by atoms with E-state index in [0.29, 0.717) is 18.7 Å². The van der Waals surface area contributed by atoms with E-state index in [2.05, 4.69) is 0 Å². The Kier molecular flexibility index (Phi) is 6.73. The lowest BCUT2D eigenvalue weighted by atomic mass is 10.0. The minimum absolute atomic E-state index is 0.0203. The molecule has 0 radical (unpaired) electrons. The van der Waals surface area contributed by atoms with E-state index in [1.54, 1.807) is 13.0 Å². The van der Waals surface area contributed by atoms with Crippen molar-refractivity contribution in [2.75, 3.05) is 26.2 Å². The smallest absolute Gasteiger partial charge is 0.471 e. The van der Waals surface area contributed by atoms with Gasteiger partial charge in [-0.3, -0.25) is 9.59 Å². The molecule has 0 N–H and O–H groups in total. The van der Waals surface area contributed by atoms with Crippen LogP contribution in [-0.4, -0.2) is 60.1 Å². The monoisotopic (exact) mass is 386 g/mol.